The SMILES string of the molecule is CO[C@H]1O[C@H]([C@H](O)CO)[C@@H]([C@@H](O)[C@@H]2N[C@H](C)[C@H](O)[C@H](O)[C@H]2O)[C@@H]1O. The molecule has 2 rings (SSSR count). The molecule has 2 aliphatic rings. The largest absolute Gasteiger partial charge is 0.394 e. The Hall–Kier alpha value is -0.400. The molecule has 0 radical (unpaired) electrons. The van der Waals surface area contributed by atoms with Crippen LogP contribution in [-0.4, -0.2) is 111 Å². The average Bonchev–Trinajstić information content (AvgIpc) is 2.91. The Kier molecular flexibility index (Phi) is 6.53. The topological polar surface area (TPSA) is 172 Å². The van der Waals surface area contributed by atoms with Gasteiger partial charge in [-0.05, 0) is 6.92 Å². The Balaban J connectivity index is 2.23. The third-order valence-corrected chi connectivity index (χ3v) is 4.94. The van der Waals surface area contributed by atoms with Gasteiger partial charge in [0.1, 0.15) is 24.4 Å². The molecule has 2 saturated heterocycles. The van der Waals surface area contributed by atoms with Crippen molar-refractivity contribution >= 4 is 0 Å². The van der Waals surface area contributed by atoms with E-state index in [2.05, 4.69) is 5.32 Å². The minimum absolute atomic E-state index is 0.623. The molecule has 0 saturated carbocycles. The Morgan fingerprint density at radius 2 is 1.67 bits per heavy atom. The molecule has 0 aromatic heterocycles. The van der Waals surface area contributed by atoms with Crippen LogP contribution in [0.5, 0.6) is 0 Å². The summed E-state index contributed by atoms with van der Waals surface area (Å²) in [4.78, 5) is 0. The van der Waals surface area contributed by atoms with E-state index in [-0.39, 0.29) is 0 Å². The van der Waals surface area contributed by atoms with Gasteiger partial charge in [0.25, 0.3) is 0 Å². The minimum Gasteiger partial charge on any atom is -0.394 e. The monoisotopic (exact) mass is 353 g/mol. The van der Waals surface area contributed by atoms with Crippen LogP contribution in [-0.2, 0) is 9.47 Å². The van der Waals surface area contributed by atoms with Gasteiger partial charge in [0.2, 0.25) is 0 Å². The Morgan fingerprint density at radius 3 is 2.21 bits per heavy atom. The third kappa shape index (κ3) is 3.44. The van der Waals surface area contributed by atoms with Crippen molar-refractivity contribution in [3.63, 3.8) is 0 Å². The van der Waals surface area contributed by atoms with E-state index < -0.39 is 73.6 Å². The van der Waals surface area contributed by atoms with Crippen LogP contribution in [0, 0.1) is 5.92 Å². The molecule has 10 heteroatoms. The summed E-state index contributed by atoms with van der Waals surface area (Å²) in [6, 6.07) is -1.72. The first-order valence-corrected chi connectivity index (χ1v) is 7.88. The molecular weight excluding hydrogens is 326 g/mol. The fourth-order valence-electron chi connectivity index (χ4n) is 3.50. The predicted molar refractivity (Wildman–Crippen MR) is 78.7 cm³/mol. The number of piperidine rings is 1. The van der Waals surface area contributed by atoms with Crippen LogP contribution >= 0.6 is 0 Å². The molecule has 2 heterocycles. The fourth-order valence-corrected chi connectivity index (χ4v) is 3.50. The van der Waals surface area contributed by atoms with Crippen molar-refractivity contribution in [2.75, 3.05) is 13.7 Å². The van der Waals surface area contributed by atoms with Crippen molar-refractivity contribution in [2.45, 2.75) is 68.0 Å². The second-order valence-corrected chi connectivity index (χ2v) is 6.47. The highest BCUT2D eigenvalue weighted by atomic mass is 16.7. The van der Waals surface area contributed by atoms with Gasteiger partial charge < -0.3 is 50.5 Å². The van der Waals surface area contributed by atoms with E-state index in [1.54, 1.807) is 6.92 Å². The summed E-state index contributed by atoms with van der Waals surface area (Å²) in [5, 5.41) is 72.6. The van der Waals surface area contributed by atoms with E-state index in [0.717, 1.165) is 0 Å². The van der Waals surface area contributed by atoms with E-state index in [9.17, 15) is 30.6 Å². The summed E-state index contributed by atoms with van der Waals surface area (Å²) < 4.78 is 10.3. The van der Waals surface area contributed by atoms with Crippen molar-refractivity contribution < 1.29 is 45.2 Å². The van der Waals surface area contributed by atoms with Crippen molar-refractivity contribution in [1.29, 1.82) is 0 Å². The Morgan fingerprint density at radius 1 is 1.04 bits per heavy atom. The summed E-state index contributed by atoms with van der Waals surface area (Å²) in [7, 11) is 1.28. The quantitative estimate of drug-likeness (QED) is 0.241. The second-order valence-electron chi connectivity index (χ2n) is 6.47. The summed E-state index contributed by atoms with van der Waals surface area (Å²) in [6.07, 6.45) is -10.6. The highest BCUT2D eigenvalue weighted by Crippen LogP contribution is 2.35. The number of aliphatic hydroxyl groups excluding tert-OH is 7. The number of hydrogen-bond donors (Lipinski definition) is 8. The van der Waals surface area contributed by atoms with Gasteiger partial charge in [-0.25, -0.2) is 0 Å². The Bertz CT molecular complexity index is 414. The Labute approximate surface area is 139 Å². The smallest absolute Gasteiger partial charge is 0.184 e. The highest BCUT2D eigenvalue weighted by molar-refractivity contribution is 5.05. The zero-order chi connectivity index (χ0) is 18.2. The molecule has 0 unspecified atom stereocenters. The molecule has 2 aliphatic heterocycles. The lowest BCUT2D eigenvalue weighted by Gasteiger charge is -2.44. The molecule has 11 atom stereocenters. The lowest BCUT2D eigenvalue weighted by molar-refractivity contribution is -0.167. The summed E-state index contributed by atoms with van der Waals surface area (Å²) in [5.74, 6) is -1.10. The van der Waals surface area contributed by atoms with Gasteiger partial charge in [0.05, 0.1) is 31.0 Å². The predicted octanol–water partition coefficient (Wildman–Crippen LogP) is -4.51. The first-order valence-electron chi connectivity index (χ1n) is 7.88. The van der Waals surface area contributed by atoms with E-state index in [1.165, 1.54) is 7.11 Å². The molecule has 0 spiro atoms. The number of methoxy groups -OCH3 is 1. The van der Waals surface area contributed by atoms with Gasteiger partial charge in [-0.3, -0.25) is 0 Å². The standard InChI is InChI=1S/C14H27NO9/c1-4-8(18)12(22)11(21)7(15-4)9(19)6-10(20)14(23-2)24-13(6)5(17)3-16/h4-22H,3H2,1-2H3/t4-,5-,6+,7+,8+,9-,10+,11+,12+,13-,14+/m1/s1. The molecule has 0 aromatic carbocycles. The van der Waals surface area contributed by atoms with Crippen molar-refractivity contribution in [2.24, 2.45) is 5.92 Å². The molecule has 0 amide bonds. The zero-order valence-corrected chi connectivity index (χ0v) is 13.5. The normalized spacial score (nSPS) is 49.1. The summed E-state index contributed by atoms with van der Waals surface area (Å²) in [6.45, 7) is 0.911. The summed E-state index contributed by atoms with van der Waals surface area (Å²) >= 11 is 0. The molecule has 0 aliphatic carbocycles. The molecule has 8 N–H and O–H groups in total. The molecule has 0 bridgehead atoms. The van der Waals surface area contributed by atoms with E-state index in [0.29, 0.717) is 0 Å². The van der Waals surface area contributed by atoms with Gasteiger partial charge in [-0.1, -0.05) is 0 Å². The molecule has 0 aromatic rings. The van der Waals surface area contributed by atoms with Gasteiger partial charge >= 0.3 is 0 Å². The van der Waals surface area contributed by atoms with Crippen LogP contribution in [0.4, 0.5) is 0 Å². The van der Waals surface area contributed by atoms with E-state index in [1.807, 2.05) is 0 Å². The van der Waals surface area contributed by atoms with Gasteiger partial charge in [0.15, 0.2) is 6.29 Å². The maximum Gasteiger partial charge on any atom is 0.184 e. The molecular formula is C14H27NO9. The highest BCUT2D eigenvalue weighted by Gasteiger charge is 2.54. The van der Waals surface area contributed by atoms with E-state index >= 15 is 0 Å². The lowest BCUT2D eigenvalue weighted by Crippen LogP contribution is -2.69. The molecule has 2 fully saturated rings. The first kappa shape index (κ1) is 19.9. The fraction of sp³-hybridized carbons (Fsp3) is 1.00. The molecule has 24 heavy (non-hydrogen) atoms. The number of ether oxygens (including phenoxy) is 2. The van der Waals surface area contributed by atoms with E-state index in [4.69, 9.17) is 14.6 Å². The van der Waals surface area contributed by atoms with Crippen molar-refractivity contribution in [3.05, 3.63) is 0 Å². The molecule has 10 nitrogen and oxygen atoms in total. The van der Waals surface area contributed by atoms with Crippen LogP contribution in [0.25, 0.3) is 0 Å². The van der Waals surface area contributed by atoms with Crippen LogP contribution < -0.4 is 5.32 Å². The zero-order valence-electron chi connectivity index (χ0n) is 13.5. The number of nitrogens with one attached hydrogen (secondary N) is 1. The minimum atomic E-state index is -1.51. The summed E-state index contributed by atoms with van der Waals surface area (Å²) in [5.41, 5.74) is 0. The third-order valence-electron chi connectivity index (χ3n) is 4.94. The number of aliphatic hydroxyl groups is 7. The molecule has 142 valence electrons. The average molecular weight is 353 g/mol. The maximum absolute atomic E-state index is 10.7. The van der Waals surface area contributed by atoms with Gasteiger partial charge in [0, 0.05) is 19.1 Å². The van der Waals surface area contributed by atoms with Crippen molar-refractivity contribution in [3.8, 4) is 0 Å². The van der Waals surface area contributed by atoms with Crippen LogP contribution in [0.1, 0.15) is 6.92 Å². The number of hydrogen-bond acceptors (Lipinski definition) is 10. The second kappa shape index (κ2) is 7.87. The first-order chi connectivity index (χ1) is 11.2. The van der Waals surface area contributed by atoms with Gasteiger partial charge in [-0.2, -0.15) is 0 Å². The number of rotatable bonds is 5. The van der Waals surface area contributed by atoms with Crippen LogP contribution in [0.2, 0.25) is 0 Å². The van der Waals surface area contributed by atoms with Crippen molar-refractivity contribution in [1.82, 2.24) is 5.32 Å². The van der Waals surface area contributed by atoms with Gasteiger partial charge in [-0.15, -0.1) is 0 Å². The van der Waals surface area contributed by atoms with Crippen LogP contribution in [0.3, 0.4) is 0 Å². The lowest BCUT2D eigenvalue weighted by atomic mass is 9.79. The maximum atomic E-state index is 10.7. The van der Waals surface area contributed by atoms with Crippen LogP contribution in [0.15, 0.2) is 0 Å².